The third-order valence-electron chi connectivity index (χ3n) is 4.69. The van der Waals surface area contributed by atoms with Gasteiger partial charge in [0, 0.05) is 36.1 Å². The highest BCUT2D eigenvalue weighted by molar-refractivity contribution is 7.47. The lowest BCUT2D eigenvalue weighted by molar-refractivity contribution is 0.513. The Bertz CT molecular complexity index is 932. The van der Waals surface area contributed by atoms with Crippen molar-refractivity contribution in [3.63, 3.8) is 0 Å². The number of hydrogen-bond acceptors (Lipinski definition) is 5. The maximum Gasteiger partial charge on any atom is 0.254 e. The Labute approximate surface area is 146 Å². The van der Waals surface area contributed by atoms with Gasteiger partial charge in [0.15, 0.2) is 0 Å². The molecule has 8 heteroatoms. The van der Waals surface area contributed by atoms with Gasteiger partial charge in [0.25, 0.3) is 5.78 Å². The Balaban J connectivity index is 1.78. The quantitative estimate of drug-likeness (QED) is 0.716. The first-order valence-corrected chi connectivity index (χ1v) is 9.75. The van der Waals surface area contributed by atoms with Crippen molar-refractivity contribution in [3.8, 4) is 0 Å². The molecule has 3 heterocycles. The van der Waals surface area contributed by atoms with Crippen LogP contribution >= 0.6 is 8.03 Å². The number of aromatic nitrogens is 4. The van der Waals surface area contributed by atoms with Crippen LogP contribution in [0.1, 0.15) is 29.7 Å². The van der Waals surface area contributed by atoms with Crippen molar-refractivity contribution >= 4 is 24.9 Å². The van der Waals surface area contributed by atoms with Gasteiger partial charge in [0.2, 0.25) is 8.03 Å². The third kappa shape index (κ3) is 3.05. The average molecular weight is 357 g/mol. The van der Waals surface area contributed by atoms with Gasteiger partial charge in [-0.3, -0.25) is 4.57 Å². The molecular weight excluding hydrogens is 337 g/mol. The fourth-order valence-electron chi connectivity index (χ4n) is 3.40. The van der Waals surface area contributed by atoms with Gasteiger partial charge in [-0.25, -0.2) is 4.98 Å². The molecule has 1 aromatic carbocycles. The molecule has 130 valence electrons. The minimum absolute atomic E-state index is 0.482. The van der Waals surface area contributed by atoms with E-state index >= 15 is 0 Å². The summed E-state index contributed by atoms with van der Waals surface area (Å²) in [5.74, 6) is 1.69. The summed E-state index contributed by atoms with van der Waals surface area (Å²) in [5, 5.41) is 4.86. The summed E-state index contributed by atoms with van der Waals surface area (Å²) in [6.07, 6.45) is 4.60. The molecule has 0 radical (unpaired) electrons. The van der Waals surface area contributed by atoms with Crippen molar-refractivity contribution in [1.82, 2.24) is 19.6 Å². The molecule has 7 nitrogen and oxygen atoms in total. The van der Waals surface area contributed by atoms with Gasteiger partial charge in [-0.05, 0) is 37.5 Å². The molecule has 3 aromatic rings. The maximum atomic E-state index is 11.2. The molecule has 25 heavy (non-hydrogen) atoms. The Morgan fingerprint density at radius 2 is 1.92 bits per heavy atom. The van der Waals surface area contributed by atoms with Gasteiger partial charge in [0.05, 0.1) is 0 Å². The first-order valence-electron chi connectivity index (χ1n) is 8.40. The van der Waals surface area contributed by atoms with E-state index in [0.29, 0.717) is 17.5 Å². The number of benzene rings is 1. The smallest absolute Gasteiger partial charge is 0.254 e. The van der Waals surface area contributed by atoms with Crippen LogP contribution in [0.4, 0.5) is 5.82 Å². The Kier molecular flexibility index (Phi) is 4.27. The standard InChI is InChI=1S/C17H20N5O2P/c1-12-15(10-13-4-6-14(7-5-13)25(23)24)16(21-8-2-3-9-21)22-17(20-12)18-11-19-22/h4-7,11,25H,2-3,8-10H2,1H3,(H,23,24). The van der Waals surface area contributed by atoms with Crippen molar-refractivity contribution < 1.29 is 9.46 Å². The number of aryl methyl sites for hydroxylation is 1. The van der Waals surface area contributed by atoms with Crippen LogP contribution in [0.25, 0.3) is 5.78 Å². The van der Waals surface area contributed by atoms with Crippen molar-refractivity contribution in [2.75, 3.05) is 18.0 Å². The molecular formula is C17H20N5O2P. The fourth-order valence-corrected chi connectivity index (χ4v) is 3.85. The van der Waals surface area contributed by atoms with E-state index in [2.05, 4.69) is 20.0 Å². The van der Waals surface area contributed by atoms with Crippen LogP contribution in [0.3, 0.4) is 0 Å². The van der Waals surface area contributed by atoms with E-state index in [0.717, 1.165) is 35.7 Å². The minimum Gasteiger partial charge on any atom is -0.356 e. The minimum atomic E-state index is -2.64. The molecule has 1 unspecified atom stereocenters. The van der Waals surface area contributed by atoms with Crippen LogP contribution in [0.15, 0.2) is 30.6 Å². The number of nitrogens with zero attached hydrogens (tertiary/aromatic N) is 5. The second kappa shape index (κ2) is 6.58. The SMILES string of the molecule is Cc1nc2ncnn2c(N2CCCC2)c1Cc1ccc([PH](=O)O)cc1. The maximum absolute atomic E-state index is 11.2. The van der Waals surface area contributed by atoms with Crippen LogP contribution in [0.5, 0.6) is 0 Å². The third-order valence-corrected chi connectivity index (χ3v) is 5.52. The van der Waals surface area contributed by atoms with E-state index in [1.807, 2.05) is 23.6 Å². The summed E-state index contributed by atoms with van der Waals surface area (Å²) in [6.45, 7) is 4.03. The molecule has 1 N–H and O–H groups in total. The van der Waals surface area contributed by atoms with Crippen LogP contribution in [0, 0.1) is 6.92 Å². The summed E-state index contributed by atoms with van der Waals surface area (Å²) in [6, 6.07) is 7.27. The van der Waals surface area contributed by atoms with Gasteiger partial charge in [-0.1, -0.05) is 12.1 Å². The van der Waals surface area contributed by atoms with Gasteiger partial charge >= 0.3 is 0 Å². The van der Waals surface area contributed by atoms with Crippen LogP contribution in [0.2, 0.25) is 0 Å². The Morgan fingerprint density at radius 3 is 2.60 bits per heavy atom. The van der Waals surface area contributed by atoms with E-state index in [4.69, 9.17) is 0 Å². The summed E-state index contributed by atoms with van der Waals surface area (Å²) in [7, 11) is -2.64. The molecule has 0 aliphatic carbocycles. The topological polar surface area (TPSA) is 83.6 Å². The molecule has 0 spiro atoms. The summed E-state index contributed by atoms with van der Waals surface area (Å²) >= 11 is 0. The Morgan fingerprint density at radius 1 is 1.20 bits per heavy atom. The first-order chi connectivity index (χ1) is 12.1. The van der Waals surface area contributed by atoms with Gasteiger partial charge in [-0.2, -0.15) is 14.6 Å². The highest BCUT2D eigenvalue weighted by atomic mass is 31.1. The lowest BCUT2D eigenvalue weighted by Crippen LogP contribution is -2.24. The lowest BCUT2D eigenvalue weighted by Gasteiger charge is -2.23. The normalized spacial score (nSPS) is 15.8. The summed E-state index contributed by atoms with van der Waals surface area (Å²) < 4.78 is 13.0. The molecule has 1 aliphatic heterocycles. The molecule has 0 amide bonds. The number of fused-ring (bicyclic) bond motifs is 1. The van der Waals surface area contributed by atoms with Gasteiger partial charge < -0.3 is 9.79 Å². The predicted octanol–water partition coefficient (Wildman–Crippen LogP) is 1.72. The monoisotopic (exact) mass is 357 g/mol. The van der Waals surface area contributed by atoms with E-state index in [1.165, 1.54) is 12.8 Å². The van der Waals surface area contributed by atoms with Crippen molar-refractivity contribution in [1.29, 1.82) is 0 Å². The largest absolute Gasteiger partial charge is 0.356 e. The number of hydrogen-bond donors (Lipinski definition) is 1. The van der Waals surface area contributed by atoms with Crippen molar-refractivity contribution in [2.24, 2.45) is 0 Å². The van der Waals surface area contributed by atoms with Crippen molar-refractivity contribution in [3.05, 3.63) is 47.4 Å². The molecule has 2 aromatic heterocycles. The zero-order chi connectivity index (χ0) is 17.4. The number of anilines is 1. The summed E-state index contributed by atoms with van der Waals surface area (Å²) in [5.41, 5.74) is 3.16. The van der Waals surface area contributed by atoms with Crippen molar-refractivity contribution in [2.45, 2.75) is 26.2 Å². The molecule has 0 bridgehead atoms. The second-order valence-corrected chi connectivity index (χ2v) is 7.53. The first kappa shape index (κ1) is 16.2. The molecule has 4 rings (SSSR count). The Hall–Kier alpha value is -2.24. The highest BCUT2D eigenvalue weighted by Crippen LogP contribution is 2.28. The zero-order valence-electron chi connectivity index (χ0n) is 14.0. The lowest BCUT2D eigenvalue weighted by atomic mass is 10.0. The van der Waals surface area contributed by atoms with Crippen LogP contribution in [-0.4, -0.2) is 37.6 Å². The average Bonchev–Trinajstić information content (AvgIpc) is 3.27. The van der Waals surface area contributed by atoms with Gasteiger partial charge in [0.1, 0.15) is 12.1 Å². The van der Waals surface area contributed by atoms with Gasteiger partial charge in [-0.15, -0.1) is 0 Å². The van der Waals surface area contributed by atoms with E-state index in [-0.39, 0.29) is 0 Å². The van der Waals surface area contributed by atoms with Crippen LogP contribution in [-0.2, 0) is 11.0 Å². The number of rotatable bonds is 4. The molecule has 1 fully saturated rings. The van der Waals surface area contributed by atoms with E-state index < -0.39 is 8.03 Å². The summed E-state index contributed by atoms with van der Waals surface area (Å²) in [4.78, 5) is 20.4. The predicted molar refractivity (Wildman–Crippen MR) is 97.1 cm³/mol. The van der Waals surface area contributed by atoms with E-state index in [9.17, 15) is 9.46 Å². The van der Waals surface area contributed by atoms with E-state index in [1.54, 1.807) is 18.5 Å². The highest BCUT2D eigenvalue weighted by Gasteiger charge is 2.22. The molecule has 1 aliphatic rings. The van der Waals surface area contributed by atoms with Crippen LogP contribution < -0.4 is 10.2 Å². The second-order valence-electron chi connectivity index (χ2n) is 6.34. The molecule has 1 atom stereocenters. The zero-order valence-corrected chi connectivity index (χ0v) is 15.0. The fraction of sp³-hybridized carbons (Fsp3) is 0.353. The molecule has 1 saturated heterocycles. The molecule has 0 saturated carbocycles.